The van der Waals surface area contributed by atoms with E-state index < -0.39 is 32.3 Å². The summed E-state index contributed by atoms with van der Waals surface area (Å²) in [4.78, 5) is 2.40. The highest BCUT2D eigenvalue weighted by Crippen LogP contribution is 2.39. The molecular weight excluding hydrogens is 645 g/mol. The first-order valence-electron chi connectivity index (χ1n) is 15.7. The molecule has 0 spiro atoms. The molecule has 3 aromatic rings. The minimum absolute atomic E-state index is 0.00187. The van der Waals surface area contributed by atoms with Gasteiger partial charge in [-0.25, -0.2) is 8.42 Å². The first kappa shape index (κ1) is 35.1. The van der Waals surface area contributed by atoms with Gasteiger partial charge in [-0.3, -0.25) is 4.18 Å². The minimum Gasteiger partial charge on any atom is -0.497 e. The van der Waals surface area contributed by atoms with E-state index in [9.17, 15) is 16.8 Å². The molecule has 0 N–H and O–H groups in total. The Morgan fingerprint density at radius 3 is 2.38 bits per heavy atom. The van der Waals surface area contributed by atoms with Gasteiger partial charge < -0.3 is 23.8 Å². The van der Waals surface area contributed by atoms with Crippen LogP contribution in [-0.2, 0) is 40.4 Å². The monoisotopic (exact) mass is 688 g/mol. The van der Waals surface area contributed by atoms with Gasteiger partial charge in [0.05, 0.1) is 55.9 Å². The van der Waals surface area contributed by atoms with Crippen LogP contribution < -0.4 is 14.4 Å². The van der Waals surface area contributed by atoms with E-state index in [1.807, 2.05) is 43.3 Å². The highest BCUT2D eigenvalue weighted by Gasteiger charge is 2.43. The van der Waals surface area contributed by atoms with Crippen molar-refractivity contribution in [1.29, 1.82) is 0 Å². The Hall–Kier alpha value is -3.20. The quantitative estimate of drug-likeness (QED) is 0.179. The number of piperidine rings is 1. The second-order valence-corrected chi connectivity index (χ2v) is 15.5. The van der Waals surface area contributed by atoms with Gasteiger partial charge in [-0.1, -0.05) is 35.9 Å². The van der Waals surface area contributed by atoms with E-state index in [1.54, 1.807) is 38.5 Å². The zero-order chi connectivity index (χ0) is 33.6. The lowest BCUT2D eigenvalue weighted by atomic mass is 9.84. The van der Waals surface area contributed by atoms with Gasteiger partial charge in [-0.05, 0) is 67.3 Å². The number of methoxy groups -OCH3 is 2. The summed E-state index contributed by atoms with van der Waals surface area (Å²) in [6.45, 7) is 4.69. The first-order chi connectivity index (χ1) is 22.5. The molecule has 3 aromatic carbocycles. The van der Waals surface area contributed by atoms with Crippen molar-refractivity contribution in [3.8, 4) is 11.5 Å². The van der Waals surface area contributed by atoms with E-state index in [2.05, 4.69) is 11.0 Å². The van der Waals surface area contributed by atoms with Gasteiger partial charge in [0.25, 0.3) is 10.1 Å². The van der Waals surface area contributed by atoms with Crippen LogP contribution in [0.15, 0.2) is 71.6 Å². The molecule has 0 amide bonds. The summed E-state index contributed by atoms with van der Waals surface area (Å²) in [7, 11) is -4.57. The van der Waals surface area contributed by atoms with Crippen molar-refractivity contribution in [2.24, 2.45) is 0 Å². The fourth-order valence-corrected chi connectivity index (χ4v) is 8.16. The predicted molar refractivity (Wildman–Crippen MR) is 179 cm³/mol. The molecule has 2 heterocycles. The summed E-state index contributed by atoms with van der Waals surface area (Å²) in [6, 6.07) is 19.4. The summed E-state index contributed by atoms with van der Waals surface area (Å²) in [5, 5.41) is 0. The molecule has 0 saturated carbocycles. The molecule has 1 fully saturated rings. The third-order valence-electron chi connectivity index (χ3n) is 8.61. The van der Waals surface area contributed by atoms with Crippen LogP contribution in [0.1, 0.15) is 35.4 Å². The van der Waals surface area contributed by atoms with Gasteiger partial charge in [-0.15, -0.1) is 0 Å². The number of benzene rings is 3. The average molecular weight is 689 g/mol. The van der Waals surface area contributed by atoms with Crippen LogP contribution in [0.25, 0.3) is 0 Å². The van der Waals surface area contributed by atoms with E-state index in [4.69, 9.17) is 23.1 Å². The number of ether oxygens (including phenoxy) is 4. The molecule has 2 aliphatic heterocycles. The molecule has 0 bridgehead atoms. The molecule has 5 rings (SSSR count). The van der Waals surface area contributed by atoms with Crippen molar-refractivity contribution < 1.29 is 40.0 Å². The van der Waals surface area contributed by atoms with E-state index in [0.717, 1.165) is 53.9 Å². The Morgan fingerprint density at radius 2 is 1.70 bits per heavy atom. The van der Waals surface area contributed by atoms with E-state index in [-0.39, 0.29) is 37.0 Å². The topological polar surface area (TPSA) is 121 Å². The molecule has 2 aliphatic rings. The van der Waals surface area contributed by atoms with Crippen LogP contribution in [0.2, 0.25) is 0 Å². The summed E-state index contributed by atoms with van der Waals surface area (Å²) < 4.78 is 82.0. The molecule has 256 valence electrons. The second kappa shape index (κ2) is 15.3. The maximum Gasteiger partial charge on any atom is 0.264 e. The number of aryl methyl sites for hydroxylation is 1. The smallest absolute Gasteiger partial charge is 0.264 e. The van der Waals surface area contributed by atoms with Gasteiger partial charge in [-0.2, -0.15) is 12.7 Å². The van der Waals surface area contributed by atoms with Crippen molar-refractivity contribution in [2.75, 3.05) is 64.8 Å². The average Bonchev–Trinajstić information content (AvgIpc) is 3.06. The van der Waals surface area contributed by atoms with Crippen molar-refractivity contribution in [3.05, 3.63) is 83.4 Å². The number of anilines is 1. The minimum atomic E-state index is -4.03. The van der Waals surface area contributed by atoms with Crippen LogP contribution in [0.4, 0.5) is 5.69 Å². The fourth-order valence-electron chi connectivity index (χ4n) is 6.12. The molecule has 0 radical (unpaired) electrons. The van der Waals surface area contributed by atoms with Crippen molar-refractivity contribution in [2.45, 2.75) is 49.3 Å². The van der Waals surface area contributed by atoms with Crippen LogP contribution >= 0.6 is 0 Å². The third kappa shape index (κ3) is 8.84. The molecule has 11 nitrogen and oxygen atoms in total. The molecule has 0 aromatic heterocycles. The van der Waals surface area contributed by atoms with Crippen LogP contribution in [-0.4, -0.2) is 93.2 Å². The molecular formula is C34H44N2O9S2. The fraction of sp³-hybridized carbons (Fsp3) is 0.471. The van der Waals surface area contributed by atoms with Crippen LogP contribution in [0.3, 0.4) is 0 Å². The maximum atomic E-state index is 14.1. The maximum absolute atomic E-state index is 14.1. The summed E-state index contributed by atoms with van der Waals surface area (Å²) in [5.41, 5.74) is 3.77. The standard InChI is InChI=1S/C34H44N2O9S2/c1-25-6-13-30(14-7-25)47(39,40)36-22-34(31(21-28(36)24-45-46(4,37)38)27-9-11-29(42-3)12-10-27)44-23-26-8-15-33-32(20-26)35(17-19-43-33)16-5-18-41-2/h6-15,20,28,31,34H,5,16-19,21-24H2,1-4H3. The third-order valence-corrected chi connectivity index (χ3v) is 11.1. The lowest BCUT2D eigenvalue weighted by Crippen LogP contribution is -2.54. The second-order valence-electron chi connectivity index (χ2n) is 12.0. The van der Waals surface area contributed by atoms with Crippen molar-refractivity contribution >= 4 is 25.8 Å². The summed E-state index contributed by atoms with van der Waals surface area (Å²) >= 11 is 0. The number of fused-ring (bicyclic) bond motifs is 1. The van der Waals surface area contributed by atoms with Gasteiger partial charge in [0.1, 0.15) is 18.1 Å². The zero-order valence-corrected chi connectivity index (χ0v) is 29.0. The largest absolute Gasteiger partial charge is 0.497 e. The highest BCUT2D eigenvalue weighted by atomic mass is 32.2. The van der Waals surface area contributed by atoms with E-state index in [1.165, 1.54) is 4.31 Å². The molecule has 0 aliphatic carbocycles. The predicted octanol–water partition coefficient (Wildman–Crippen LogP) is 4.35. The molecule has 47 heavy (non-hydrogen) atoms. The van der Waals surface area contributed by atoms with Crippen molar-refractivity contribution in [1.82, 2.24) is 4.31 Å². The summed E-state index contributed by atoms with van der Waals surface area (Å²) in [5.74, 6) is 1.24. The molecule has 1 saturated heterocycles. The van der Waals surface area contributed by atoms with Crippen LogP contribution in [0.5, 0.6) is 11.5 Å². The van der Waals surface area contributed by atoms with Gasteiger partial charge >= 0.3 is 0 Å². The molecule has 3 unspecified atom stereocenters. The Kier molecular flexibility index (Phi) is 11.5. The molecule has 3 atom stereocenters. The number of nitrogens with zero attached hydrogens (tertiary/aromatic N) is 2. The zero-order valence-electron chi connectivity index (χ0n) is 27.3. The Balaban J connectivity index is 1.46. The van der Waals surface area contributed by atoms with Gasteiger partial charge in [0.15, 0.2) is 0 Å². The normalized spacial score (nSPS) is 20.4. The highest BCUT2D eigenvalue weighted by molar-refractivity contribution is 7.89. The SMILES string of the molecule is COCCCN1CCOc2ccc(COC3CN(S(=O)(=O)c4ccc(C)cc4)C(COS(C)(=O)=O)CC3c3ccc(OC)cc3)cc21. The number of hydrogen-bond donors (Lipinski definition) is 0. The lowest BCUT2D eigenvalue weighted by molar-refractivity contribution is -0.0249. The molecule has 13 heteroatoms. The van der Waals surface area contributed by atoms with Crippen LogP contribution in [0, 0.1) is 6.92 Å². The number of rotatable bonds is 14. The van der Waals surface area contributed by atoms with E-state index >= 15 is 0 Å². The first-order valence-corrected chi connectivity index (χ1v) is 18.9. The van der Waals surface area contributed by atoms with Gasteiger partial charge in [0, 0.05) is 32.7 Å². The van der Waals surface area contributed by atoms with Crippen molar-refractivity contribution in [3.63, 3.8) is 0 Å². The lowest BCUT2D eigenvalue weighted by Gasteiger charge is -2.43. The summed E-state index contributed by atoms with van der Waals surface area (Å²) in [6.07, 6.45) is 1.58. The Morgan fingerprint density at radius 1 is 0.957 bits per heavy atom. The van der Waals surface area contributed by atoms with E-state index in [0.29, 0.717) is 19.0 Å². The Labute approximate surface area is 278 Å². The number of sulfonamides is 1. The Bertz CT molecular complexity index is 1700. The number of hydrogen-bond acceptors (Lipinski definition) is 10. The van der Waals surface area contributed by atoms with Gasteiger partial charge in [0.2, 0.25) is 10.0 Å².